The smallest absolute Gasteiger partial charge is 0.0724 e. The van der Waals surface area contributed by atoms with Crippen LogP contribution < -0.4 is 0 Å². The monoisotopic (exact) mass is 496 g/mol. The van der Waals surface area contributed by atoms with E-state index in [9.17, 15) is 10.2 Å². The molecule has 0 spiro atoms. The summed E-state index contributed by atoms with van der Waals surface area (Å²) in [5.41, 5.74) is 1.23. The minimum atomic E-state index is -0.243. The van der Waals surface area contributed by atoms with E-state index < -0.39 is 0 Å². The number of aliphatic hydroxyl groups excluding tert-OH is 2. The first-order chi connectivity index (χ1) is 16.8. The van der Waals surface area contributed by atoms with Crippen LogP contribution in [-0.2, 0) is 11.3 Å². The maximum absolute atomic E-state index is 11.0. The molecule has 2 aliphatic rings. The Balaban J connectivity index is 1.34. The van der Waals surface area contributed by atoms with Gasteiger partial charge in [0.15, 0.2) is 0 Å². The van der Waals surface area contributed by atoms with Crippen molar-refractivity contribution in [2.24, 2.45) is 23.2 Å². The van der Waals surface area contributed by atoms with Crippen molar-refractivity contribution in [2.75, 3.05) is 6.61 Å². The Morgan fingerprint density at radius 3 is 2.40 bits per heavy atom. The van der Waals surface area contributed by atoms with E-state index in [-0.39, 0.29) is 29.0 Å². The van der Waals surface area contributed by atoms with Crippen molar-refractivity contribution >= 4 is 11.8 Å². The molecule has 0 aromatic heterocycles. The molecule has 4 rings (SSSR count). The first-order valence-corrected chi connectivity index (χ1v) is 14.4. The maximum atomic E-state index is 11.0. The quantitative estimate of drug-likeness (QED) is 0.348. The Morgan fingerprint density at radius 2 is 1.71 bits per heavy atom. The van der Waals surface area contributed by atoms with E-state index in [4.69, 9.17) is 4.74 Å². The maximum Gasteiger partial charge on any atom is 0.0724 e. The lowest BCUT2D eigenvalue weighted by Gasteiger charge is -2.48. The average Bonchev–Trinajstić information content (AvgIpc) is 3.21. The Morgan fingerprint density at radius 1 is 1.03 bits per heavy atom. The van der Waals surface area contributed by atoms with E-state index in [0.717, 1.165) is 38.5 Å². The van der Waals surface area contributed by atoms with Crippen molar-refractivity contribution in [2.45, 2.75) is 94.2 Å². The van der Waals surface area contributed by atoms with E-state index in [2.05, 4.69) is 75.4 Å². The first-order valence-electron chi connectivity index (χ1n) is 13.5. The Hall–Kier alpha value is -1.33. The molecular formula is C31H44O3S. The molecule has 2 aromatic carbocycles. The number of benzene rings is 2. The molecule has 2 saturated carbocycles. The van der Waals surface area contributed by atoms with Crippen molar-refractivity contribution in [3.05, 3.63) is 66.2 Å². The molecule has 0 heterocycles. The molecular weight excluding hydrogens is 452 g/mol. The summed E-state index contributed by atoms with van der Waals surface area (Å²) in [6.07, 6.45) is 7.12. The fourth-order valence-electron chi connectivity index (χ4n) is 6.82. The van der Waals surface area contributed by atoms with E-state index in [1.807, 2.05) is 17.8 Å². The summed E-state index contributed by atoms with van der Waals surface area (Å²) in [4.78, 5) is 1.25. The fraction of sp³-hybridized carbons (Fsp3) is 0.613. The molecule has 0 radical (unpaired) electrons. The predicted octanol–water partition coefficient (Wildman–Crippen LogP) is 7.11. The van der Waals surface area contributed by atoms with Gasteiger partial charge in [0.1, 0.15) is 0 Å². The zero-order chi connectivity index (χ0) is 24.9. The van der Waals surface area contributed by atoms with Gasteiger partial charge in [-0.1, -0.05) is 61.9 Å². The third-order valence-electron chi connectivity index (χ3n) is 8.88. The summed E-state index contributed by atoms with van der Waals surface area (Å²) in [5, 5.41) is 21.6. The van der Waals surface area contributed by atoms with Crippen LogP contribution >= 0.6 is 11.8 Å². The molecule has 2 aliphatic carbocycles. The van der Waals surface area contributed by atoms with E-state index in [1.165, 1.54) is 16.9 Å². The summed E-state index contributed by atoms with van der Waals surface area (Å²) in [6, 6.07) is 20.9. The molecule has 4 heteroatoms. The molecule has 2 aromatic rings. The standard InChI is InChI=1S/C31H44O3S/c1-30(2,34-22-23-11-6-4-7-12-23)19-10-13-24(21-32)26-16-17-27-29(28(33)18-20-31(26,27)3)35-25-14-8-5-9-15-25/h4-9,11-12,14-15,24,26-29,32-33H,10,13,16-22H2,1-3H3/t24-,26-,27+,28-,29-,31-/m1/s1. The molecule has 0 aliphatic heterocycles. The van der Waals surface area contributed by atoms with Crippen LogP contribution in [0.25, 0.3) is 0 Å². The highest BCUT2D eigenvalue weighted by Gasteiger charge is 2.55. The SMILES string of the molecule is CC(C)(CCC[C@H](CO)[C@H]1CC[C@H]2[C@@H](Sc3ccccc3)[C@H](O)CC[C@]12C)OCc1ccccc1. The van der Waals surface area contributed by atoms with Gasteiger partial charge < -0.3 is 14.9 Å². The van der Waals surface area contributed by atoms with Gasteiger partial charge >= 0.3 is 0 Å². The van der Waals surface area contributed by atoms with Gasteiger partial charge in [0.2, 0.25) is 0 Å². The van der Waals surface area contributed by atoms with Gasteiger partial charge in [-0.25, -0.2) is 0 Å². The Bertz CT molecular complexity index is 902. The number of ether oxygens (including phenoxy) is 1. The van der Waals surface area contributed by atoms with Crippen LogP contribution in [0.4, 0.5) is 0 Å². The second kappa shape index (κ2) is 11.8. The molecule has 3 nitrogen and oxygen atoms in total. The largest absolute Gasteiger partial charge is 0.396 e. The van der Waals surface area contributed by atoms with E-state index in [1.54, 1.807) is 0 Å². The van der Waals surface area contributed by atoms with Gasteiger partial charge in [-0.05, 0) is 93.2 Å². The van der Waals surface area contributed by atoms with Crippen molar-refractivity contribution in [3.8, 4) is 0 Å². The molecule has 2 fully saturated rings. The second-order valence-corrected chi connectivity index (χ2v) is 12.9. The summed E-state index contributed by atoms with van der Waals surface area (Å²) >= 11 is 1.86. The van der Waals surface area contributed by atoms with Crippen LogP contribution in [-0.4, -0.2) is 33.8 Å². The molecule has 192 valence electrons. The van der Waals surface area contributed by atoms with Crippen LogP contribution in [0.15, 0.2) is 65.6 Å². The lowest BCUT2D eigenvalue weighted by atomic mass is 9.61. The topological polar surface area (TPSA) is 49.7 Å². The van der Waals surface area contributed by atoms with Crippen molar-refractivity contribution in [3.63, 3.8) is 0 Å². The average molecular weight is 497 g/mol. The number of aliphatic hydroxyl groups is 2. The highest BCUT2D eigenvalue weighted by Crippen LogP contribution is 2.61. The number of rotatable bonds is 11. The molecule has 0 saturated heterocycles. The van der Waals surface area contributed by atoms with Crippen molar-refractivity contribution in [1.29, 1.82) is 0 Å². The highest BCUT2D eigenvalue weighted by molar-refractivity contribution is 8.00. The summed E-state index contributed by atoms with van der Waals surface area (Å²) in [6.45, 7) is 7.73. The number of thioether (sulfide) groups is 1. The Kier molecular flexibility index (Phi) is 9.02. The third-order valence-corrected chi connectivity index (χ3v) is 10.3. The number of hydrogen-bond donors (Lipinski definition) is 2. The van der Waals surface area contributed by atoms with E-state index in [0.29, 0.717) is 24.4 Å². The minimum absolute atomic E-state index is 0.176. The third kappa shape index (κ3) is 6.52. The van der Waals surface area contributed by atoms with Crippen LogP contribution in [0.1, 0.15) is 71.3 Å². The molecule has 2 N–H and O–H groups in total. The lowest BCUT2D eigenvalue weighted by molar-refractivity contribution is -0.0400. The summed E-state index contributed by atoms with van der Waals surface area (Å²) in [7, 11) is 0. The van der Waals surface area contributed by atoms with Crippen molar-refractivity contribution < 1.29 is 14.9 Å². The van der Waals surface area contributed by atoms with Crippen LogP contribution in [0, 0.1) is 23.2 Å². The van der Waals surface area contributed by atoms with Gasteiger partial charge in [0, 0.05) is 16.8 Å². The van der Waals surface area contributed by atoms with Crippen molar-refractivity contribution in [1.82, 2.24) is 0 Å². The molecule has 0 bridgehead atoms. The van der Waals surface area contributed by atoms with Crippen LogP contribution in [0.5, 0.6) is 0 Å². The number of fused-ring (bicyclic) bond motifs is 1. The van der Waals surface area contributed by atoms with Gasteiger partial charge in [0.25, 0.3) is 0 Å². The fourth-order valence-corrected chi connectivity index (χ4v) is 8.35. The zero-order valence-electron chi connectivity index (χ0n) is 21.7. The summed E-state index contributed by atoms with van der Waals surface area (Å²) < 4.78 is 6.25. The summed E-state index contributed by atoms with van der Waals surface area (Å²) in [5.74, 6) is 1.35. The number of hydrogen-bond acceptors (Lipinski definition) is 4. The van der Waals surface area contributed by atoms with Crippen LogP contribution in [0.2, 0.25) is 0 Å². The second-order valence-electron chi connectivity index (χ2n) is 11.7. The van der Waals surface area contributed by atoms with Gasteiger partial charge in [-0.15, -0.1) is 11.8 Å². The van der Waals surface area contributed by atoms with Gasteiger partial charge in [-0.2, -0.15) is 0 Å². The zero-order valence-corrected chi connectivity index (χ0v) is 22.6. The Labute approximate surface area is 216 Å². The highest BCUT2D eigenvalue weighted by atomic mass is 32.2. The van der Waals surface area contributed by atoms with E-state index >= 15 is 0 Å². The minimum Gasteiger partial charge on any atom is -0.396 e. The van der Waals surface area contributed by atoms with Gasteiger partial charge in [-0.3, -0.25) is 0 Å². The normalized spacial score (nSPS) is 29.6. The lowest BCUT2D eigenvalue weighted by Crippen LogP contribution is -2.47. The first kappa shape index (κ1) is 26.7. The molecule has 0 amide bonds. The molecule has 6 atom stereocenters. The predicted molar refractivity (Wildman–Crippen MR) is 145 cm³/mol. The van der Waals surface area contributed by atoms with Crippen LogP contribution in [0.3, 0.4) is 0 Å². The molecule has 0 unspecified atom stereocenters. The molecule has 35 heavy (non-hydrogen) atoms. The van der Waals surface area contributed by atoms with Gasteiger partial charge in [0.05, 0.1) is 18.3 Å².